The molecule has 0 aromatic heterocycles. The number of hydrogen-bond acceptors (Lipinski definition) is 3. The first kappa shape index (κ1) is 16.9. The minimum atomic E-state index is 0.439. The predicted molar refractivity (Wildman–Crippen MR) is 84.7 cm³/mol. The van der Waals surface area contributed by atoms with Gasteiger partial charge in [-0.15, -0.1) is 0 Å². The summed E-state index contributed by atoms with van der Waals surface area (Å²) in [7, 11) is 2.24. The molecule has 0 aliphatic carbocycles. The Kier molecular flexibility index (Phi) is 6.78. The number of rotatable bonds is 7. The fourth-order valence-corrected chi connectivity index (χ4v) is 3.04. The van der Waals surface area contributed by atoms with Gasteiger partial charge in [-0.1, -0.05) is 27.7 Å². The summed E-state index contributed by atoms with van der Waals surface area (Å²) in [6.45, 7) is 17.6. The van der Waals surface area contributed by atoms with E-state index >= 15 is 0 Å². The van der Waals surface area contributed by atoms with Crippen molar-refractivity contribution in [2.75, 3.05) is 39.8 Å². The largest absolute Gasteiger partial charge is 0.314 e. The minimum Gasteiger partial charge on any atom is -0.314 e. The lowest BCUT2D eigenvalue weighted by Crippen LogP contribution is -2.55. The lowest BCUT2D eigenvalue weighted by Gasteiger charge is -2.44. The maximum absolute atomic E-state index is 3.66. The van der Waals surface area contributed by atoms with Gasteiger partial charge in [-0.3, -0.25) is 4.90 Å². The van der Waals surface area contributed by atoms with Gasteiger partial charge in [-0.05, 0) is 32.2 Å². The van der Waals surface area contributed by atoms with Gasteiger partial charge in [-0.25, -0.2) is 0 Å². The van der Waals surface area contributed by atoms with Crippen LogP contribution in [0.15, 0.2) is 0 Å². The van der Waals surface area contributed by atoms with E-state index in [0.717, 1.165) is 6.54 Å². The first-order chi connectivity index (χ1) is 8.92. The van der Waals surface area contributed by atoms with Gasteiger partial charge in [0.05, 0.1) is 0 Å². The molecule has 1 unspecified atom stereocenters. The van der Waals surface area contributed by atoms with Crippen molar-refractivity contribution in [3.05, 3.63) is 0 Å². The molecule has 1 heterocycles. The highest BCUT2D eigenvalue weighted by molar-refractivity contribution is 4.87. The number of hydrogen-bond donors (Lipinski definition) is 1. The van der Waals surface area contributed by atoms with Crippen LogP contribution in [0.5, 0.6) is 0 Å². The Hall–Kier alpha value is -0.120. The summed E-state index contributed by atoms with van der Waals surface area (Å²) in [6, 6.07) is 1.28. The normalized spacial score (nSPS) is 23.2. The summed E-state index contributed by atoms with van der Waals surface area (Å²) < 4.78 is 0. The molecule has 19 heavy (non-hydrogen) atoms. The topological polar surface area (TPSA) is 18.5 Å². The van der Waals surface area contributed by atoms with Crippen molar-refractivity contribution in [1.82, 2.24) is 15.1 Å². The van der Waals surface area contributed by atoms with E-state index < -0.39 is 0 Å². The van der Waals surface area contributed by atoms with Gasteiger partial charge in [0.1, 0.15) is 0 Å². The first-order valence-corrected chi connectivity index (χ1v) is 8.08. The van der Waals surface area contributed by atoms with E-state index in [1.807, 2.05) is 0 Å². The highest BCUT2D eigenvalue weighted by Crippen LogP contribution is 2.28. The van der Waals surface area contributed by atoms with Crippen molar-refractivity contribution in [1.29, 1.82) is 0 Å². The van der Waals surface area contributed by atoms with E-state index in [1.165, 1.54) is 39.0 Å². The van der Waals surface area contributed by atoms with Crippen LogP contribution in [0, 0.1) is 5.41 Å². The molecule has 1 saturated heterocycles. The van der Waals surface area contributed by atoms with E-state index in [1.54, 1.807) is 0 Å². The second-order valence-corrected chi connectivity index (χ2v) is 6.82. The van der Waals surface area contributed by atoms with Gasteiger partial charge in [-0.2, -0.15) is 0 Å². The zero-order chi connectivity index (χ0) is 14.5. The Labute approximate surface area is 120 Å². The predicted octanol–water partition coefficient (Wildman–Crippen LogP) is 2.43. The van der Waals surface area contributed by atoms with Crippen LogP contribution in [-0.2, 0) is 0 Å². The minimum absolute atomic E-state index is 0.439. The van der Waals surface area contributed by atoms with Gasteiger partial charge in [0, 0.05) is 44.8 Å². The van der Waals surface area contributed by atoms with Crippen molar-refractivity contribution < 1.29 is 0 Å². The summed E-state index contributed by atoms with van der Waals surface area (Å²) in [5, 5.41) is 3.66. The van der Waals surface area contributed by atoms with Crippen LogP contribution in [0.3, 0.4) is 0 Å². The average molecular weight is 269 g/mol. The monoisotopic (exact) mass is 269 g/mol. The Balaban J connectivity index is 2.61. The first-order valence-electron chi connectivity index (χ1n) is 8.08. The molecule has 1 atom stereocenters. The fourth-order valence-electron chi connectivity index (χ4n) is 3.04. The molecule has 114 valence electrons. The lowest BCUT2D eigenvalue weighted by molar-refractivity contribution is 0.0488. The SMILES string of the molecule is CCC(CC)(CNC(C)C)CN1CCN(C)CC1C. The summed E-state index contributed by atoms with van der Waals surface area (Å²) >= 11 is 0. The Bertz CT molecular complexity index is 248. The van der Waals surface area contributed by atoms with Crippen LogP contribution in [0.4, 0.5) is 0 Å². The third kappa shape index (κ3) is 5.05. The van der Waals surface area contributed by atoms with Gasteiger partial charge in [0.15, 0.2) is 0 Å². The molecule has 1 rings (SSSR count). The van der Waals surface area contributed by atoms with Crippen molar-refractivity contribution in [2.24, 2.45) is 5.41 Å². The molecule has 1 N–H and O–H groups in total. The molecule has 1 aliphatic rings. The standard InChI is InChI=1S/C16H35N3/c1-7-16(8-2,12-17-14(3)4)13-19-10-9-18(6)11-15(19)5/h14-15,17H,7-13H2,1-6H3. The van der Waals surface area contributed by atoms with Gasteiger partial charge >= 0.3 is 0 Å². The molecular formula is C16H35N3. The maximum atomic E-state index is 3.66. The molecule has 0 amide bonds. The molecule has 0 spiro atoms. The third-order valence-electron chi connectivity index (χ3n) is 4.89. The number of nitrogens with zero attached hydrogens (tertiary/aromatic N) is 2. The van der Waals surface area contributed by atoms with Crippen LogP contribution in [0.1, 0.15) is 47.5 Å². The fraction of sp³-hybridized carbons (Fsp3) is 1.00. The molecule has 3 heteroatoms. The Morgan fingerprint density at radius 1 is 1.21 bits per heavy atom. The molecule has 0 radical (unpaired) electrons. The Morgan fingerprint density at radius 3 is 2.32 bits per heavy atom. The Morgan fingerprint density at radius 2 is 1.84 bits per heavy atom. The van der Waals surface area contributed by atoms with Crippen LogP contribution < -0.4 is 5.32 Å². The van der Waals surface area contributed by atoms with E-state index in [4.69, 9.17) is 0 Å². The van der Waals surface area contributed by atoms with E-state index in [2.05, 4.69) is 56.8 Å². The van der Waals surface area contributed by atoms with E-state index in [-0.39, 0.29) is 0 Å². The van der Waals surface area contributed by atoms with Gasteiger partial charge in [0.2, 0.25) is 0 Å². The summed E-state index contributed by atoms with van der Waals surface area (Å²) in [5.74, 6) is 0. The molecule has 0 aromatic carbocycles. The zero-order valence-corrected chi connectivity index (χ0v) is 14.0. The van der Waals surface area contributed by atoms with Crippen LogP contribution >= 0.6 is 0 Å². The molecule has 1 aliphatic heterocycles. The molecule has 0 saturated carbocycles. The van der Waals surface area contributed by atoms with Crippen molar-refractivity contribution in [3.63, 3.8) is 0 Å². The summed E-state index contributed by atoms with van der Waals surface area (Å²) in [5.41, 5.74) is 0.439. The average Bonchev–Trinajstić information content (AvgIpc) is 2.37. The third-order valence-corrected chi connectivity index (χ3v) is 4.89. The second-order valence-electron chi connectivity index (χ2n) is 6.82. The van der Waals surface area contributed by atoms with Gasteiger partial charge < -0.3 is 10.2 Å². The lowest BCUT2D eigenvalue weighted by atomic mass is 9.81. The molecule has 0 bridgehead atoms. The van der Waals surface area contributed by atoms with Crippen molar-refractivity contribution >= 4 is 0 Å². The van der Waals surface area contributed by atoms with E-state index in [9.17, 15) is 0 Å². The van der Waals surface area contributed by atoms with Crippen molar-refractivity contribution in [2.45, 2.75) is 59.5 Å². The number of likely N-dealkylation sites (N-methyl/N-ethyl adjacent to an activating group) is 1. The second kappa shape index (κ2) is 7.61. The number of nitrogens with one attached hydrogen (secondary N) is 1. The molecule has 0 aromatic rings. The van der Waals surface area contributed by atoms with Crippen LogP contribution in [0.2, 0.25) is 0 Å². The van der Waals surface area contributed by atoms with Gasteiger partial charge in [0.25, 0.3) is 0 Å². The molecular weight excluding hydrogens is 234 g/mol. The number of piperazine rings is 1. The maximum Gasteiger partial charge on any atom is 0.0195 e. The van der Waals surface area contributed by atoms with Crippen LogP contribution in [0.25, 0.3) is 0 Å². The zero-order valence-electron chi connectivity index (χ0n) is 14.0. The quantitative estimate of drug-likeness (QED) is 0.766. The van der Waals surface area contributed by atoms with Crippen molar-refractivity contribution in [3.8, 4) is 0 Å². The van der Waals surface area contributed by atoms with E-state index in [0.29, 0.717) is 17.5 Å². The molecule has 3 nitrogen and oxygen atoms in total. The smallest absolute Gasteiger partial charge is 0.0195 e. The summed E-state index contributed by atoms with van der Waals surface area (Å²) in [6.07, 6.45) is 2.53. The summed E-state index contributed by atoms with van der Waals surface area (Å²) in [4.78, 5) is 5.15. The highest BCUT2D eigenvalue weighted by Gasteiger charge is 2.32. The molecule has 1 fully saturated rings. The van der Waals surface area contributed by atoms with Crippen LogP contribution in [-0.4, -0.2) is 61.7 Å². The highest BCUT2D eigenvalue weighted by atomic mass is 15.3.